The van der Waals surface area contributed by atoms with E-state index in [0.717, 1.165) is 10.9 Å². The Bertz CT molecular complexity index is 1160. The van der Waals surface area contributed by atoms with Crippen molar-refractivity contribution in [3.63, 3.8) is 0 Å². The first-order chi connectivity index (χ1) is 12.5. The molecule has 26 heavy (non-hydrogen) atoms. The number of methoxy groups -OCH3 is 1. The molecule has 0 spiro atoms. The van der Waals surface area contributed by atoms with Crippen LogP contribution < -0.4 is 10.1 Å². The minimum atomic E-state index is -0.556. The van der Waals surface area contributed by atoms with Crippen LogP contribution in [0.2, 0.25) is 5.02 Å². The molecule has 1 N–H and O–H groups in total. The zero-order chi connectivity index (χ0) is 18.3. The van der Waals surface area contributed by atoms with Crippen molar-refractivity contribution < 1.29 is 18.3 Å². The predicted octanol–water partition coefficient (Wildman–Crippen LogP) is 5.03. The van der Waals surface area contributed by atoms with Gasteiger partial charge in [-0.2, -0.15) is 0 Å². The molecule has 2 aromatic heterocycles. The van der Waals surface area contributed by atoms with Crippen molar-refractivity contribution in [3.8, 4) is 5.75 Å². The van der Waals surface area contributed by atoms with Gasteiger partial charge in [0.05, 0.1) is 17.6 Å². The van der Waals surface area contributed by atoms with Crippen LogP contribution in [0.5, 0.6) is 5.75 Å². The van der Waals surface area contributed by atoms with Crippen molar-refractivity contribution in [2.75, 3.05) is 12.4 Å². The SMILES string of the molecule is COc1ccc2nc3oc(C(=O)Nc4ccc(F)c(Cl)c4)cc3cc2c1. The molecule has 0 radical (unpaired) electrons. The Hall–Kier alpha value is -3.12. The lowest BCUT2D eigenvalue weighted by Crippen LogP contribution is -2.10. The summed E-state index contributed by atoms with van der Waals surface area (Å²) in [5.41, 5.74) is 1.44. The van der Waals surface area contributed by atoms with Gasteiger partial charge in [0, 0.05) is 16.5 Å². The number of carbonyl (C=O) groups excluding carboxylic acids is 1. The second-order valence-electron chi connectivity index (χ2n) is 5.64. The number of carbonyl (C=O) groups is 1. The Morgan fingerprint density at radius 3 is 2.77 bits per heavy atom. The molecule has 7 heteroatoms. The maximum absolute atomic E-state index is 13.2. The number of halogens is 2. The van der Waals surface area contributed by atoms with Gasteiger partial charge in [-0.15, -0.1) is 0 Å². The number of nitrogens with zero attached hydrogens (tertiary/aromatic N) is 1. The number of aromatic nitrogens is 1. The van der Waals surface area contributed by atoms with E-state index in [0.29, 0.717) is 22.5 Å². The molecule has 5 nitrogen and oxygen atoms in total. The molecule has 0 atom stereocenters. The zero-order valence-electron chi connectivity index (χ0n) is 13.5. The minimum absolute atomic E-state index is 0.0748. The summed E-state index contributed by atoms with van der Waals surface area (Å²) in [5, 5.41) is 4.10. The highest BCUT2D eigenvalue weighted by Crippen LogP contribution is 2.26. The van der Waals surface area contributed by atoms with Gasteiger partial charge in [0.25, 0.3) is 5.91 Å². The van der Waals surface area contributed by atoms with Crippen molar-refractivity contribution in [2.45, 2.75) is 0 Å². The fourth-order valence-corrected chi connectivity index (χ4v) is 2.80. The number of pyridine rings is 1. The highest BCUT2D eigenvalue weighted by molar-refractivity contribution is 6.31. The topological polar surface area (TPSA) is 64.4 Å². The lowest BCUT2D eigenvalue weighted by molar-refractivity contribution is 0.0998. The average molecular weight is 371 g/mol. The van der Waals surface area contributed by atoms with E-state index in [1.165, 1.54) is 18.2 Å². The fourth-order valence-electron chi connectivity index (χ4n) is 2.62. The summed E-state index contributed by atoms with van der Waals surface area (Å²) in [5.74, 6) is -0.226. The van der Waals surface area contributed by atoms with E-state index in [1.54, 1.807) is 19.2 Å². The summed E-state index contributed by atoms with van der Waals surface area (Å²) in [7, 11) is 1.59. The molecule has 0 saturated heterocycles. The molecule has 4 rings (SSSR count). The van der Waals surface area contributed by atoms with Gasteiger partial charge < -0.3 is 14.5 Å². The van der Waals surface area contributed by atoms with E-state index >= 15 is 0 Å². The maximum Gasteiger partial charge on any atom is 0.291 e. The molecule has 2 aromatic carbocycles. The number of nitrogens with one attached hydrogen (secondary N) is 1. The molecular weight excluding hydrogens is 359 g/mol. The minimum Gasteiger partial charge on any atom is -0.497 e. The zero-order valence-corrected chi connectivity index (χ0v) is 14.3. The van der Waals surface area contributed by atoms with Crippen LogP contribution in [-0.4, -0.2) is 18.0 Å². The number of amides is 1. The lowest BCUT2D eigenvalue weighted by Gasteiger charge is -2.03. The van der Waals surface area contributed by atoms with Gasteiger partial charge in [-0.25, -0.2) is 9.37 Å². The van der Waals surface area contributed by atoms with Crippen LogP contribution in [0.25, 0.3) is 22.0 Å². The summed E-state index contributed by atoms with van der Waals surface area (Å²) < 4.78 is 24.0. The molecule has 0 aliphatic rings. The van der Waals surface area contributed by atoms with Crippen LogP contribution in [-0.2, 0) is 0 Å². The smallest absolute Gasteiger partial charge is 0.291 e. The molecule has 0 bridgehead atoms. The van der Waals surface area contributed by atoms with Crippen LogP contribution in [0.4, 0.5) is 10.1 Å². The number of furan rings is 1. The lowest BCUT2D eigenvalue weighted by atomic mass is 10.2. The predicted molar refractivity (Wildman–Crippen MR) is 97.4 cm³/mol. The van der Waals surface area contributed by atoms with Gasteiger partial charge in [-0.3, -0.25) is 4.79 Å². The van der Waals surface area contributed by atoms with Crippen LogP contribution in [0, 0.1) is 5.82 Å². The Morgan fingerprint density at radius 2 is 2.00 bits per heavy atom. The monoisotopic (exact) mass is 370 g/mol. The molecule has 0 unspecified atom stereocenters. The number of anilines is 1. The molecular formula is C19H12ClFN2O3. The van der Waals surface area contributed by atoms with Crippen LogP contribution >= 0.6 is 11.6 Å². The number of fused-ring (bicyclic) bond motifs is 2. The van der Waals surface area contributed by atoms with E-state index in [9.17, 15) is 9.18 Å². The van der Waals surface area contributed by atoms with Gasteiger partial charge in [0.1, 0.15) is 11.6 Å². The van der Waals surface area contributed by atoms with Crippen molar-refractivity contribution in [1.82, 2.24) is 4.98 Å². The van der Waals surface area contributed by atoms with Gasteiger partial charge >= 0.3 is 0 Å². The number of rotatable bonds is 3. The third kappa shape index (κ3) is 2.95. The molecule has 130 valence electrons. The molecule has 0 aliphatic carbocycles. The van der Waals surface area contributed by atoms with Crippen molar-refractivity contribution >= 4 is 45.2 Å². The first kappa shape index (κ1) is 16.4. The number of hydrogen-bond acceptors (Lipinski definition) is 4. The molecule has 2 heterocycles. The van der Waals surface area contributed by atoms with Crippen LogP contribution in [0.15, 0.2) is 52.9 Å². The number of ether oxygens (including phenoxy) is 1. The summed E-state index contributed by atoms with van der Waals surface area (Å²) in [6.07, 6.45) is 0. The maximum atomic E-state index is 13.2. The highest BCUT2D eigenvalue weighted by atomic mass is 35.5. The van der Waals surface area contributed by atoms with Crippen molar-refractivity contribution in [2.24, 2.45) is 0 Å². The first-order valence-electron chi connectivity index (χ1n) is 7.68. The Balaban J connectivity index is 1.68. The molecule has 0 saturated carbocycles. The van der Waals surface area contributed by atoms with Crippen LogP contribution in [0.1, 0.15) is 10.6 Å². The molecule has 4 aromatic rings. The number of hydrogen-bond donors (Lipinski definition) is 1. The first-order valence-corrected chi connectivity index (χ1v) is 8.06. The molecule has 0 aliphatic heterocycles. The van der Waals surface area contributed by atoms with Gasteiger partial charge in [-0.05, 0) is 48.5 Å². The second kappa shape index (κ2) is 6.31. The molecule has 1 amide bonds. The summed E-state index contributed by atoms with van der Waals surface area (Å²) in [4.78, 5) is 16.8. The van der Waals surface area contributed by atoms with E-state index in [2.05, 4.69) is 10.3 Å². The van der Waals surface area contributed by atoms with Gasteiger partial charge in [0.2, 0.25) is 5.71 Å². The second-order valence-corrected chi connectivity index (χ2v) is 6.04. The van der Waals surface area contributed by atoms with E-state index in [-0.39, 0.29) is 10.8 Å². The largest absolute Gasteiger partial charge is 0.497 e. The summed E-state index contributed by atoms with van der Waals surface area (Å²) in [6.45, 7) is 0. The van der Waals surface area contributed by atoms with Crippen molar-refractivity contribution in [1.29, 1.82) is 0 Å². The van der Waals surface area contributed by atoms with Crippen LogP contribution in [0.3, 0.4) is 0 Å². The third-order valence-electron chi connectivity index (χ3n) is 3.91. The fraction of sp³-hybridized carbons (Fsp3) is 0.0526. The highest BCUT2D eigenvalue weighted by Gasteiger charge is 2.15. The summed E-state index contributed by atoms with van der Waals surface area (Å²) >= 11 is 5.72. The Kier molecular flexibility index (Phi) is 3.97. The van der Waals surface area contributed by atoms with Gasteiger partial charge in [0.15, 0.2) is 5.76 Å². The van der Waals surface area contributed by atoms with E-state index in [4.69, 9.17) is 20.8 Å². The third-order valence-corrected chi connectivity index (χ3v) is 4.20. The van der Waals surface area contributed by atoms with Crippen molar-refractivity contribution in [3.05, 3.63) is 65.1 Å². The quantitative estimate of drug-likeness (QED) is 0.549. The summed E-state index contributed by atoms with van der Waals surface area (Å²) in [6, 6.07) is 12.9. The average Bonchev–Trinajstić information content (AvgIpc) is 3.05. The normalized spacial score (nSPS) is 11.0. The van der Waals surface area contributed by atoms with E-state index < -0.39 is 11.7 Å². The van der Waals surface area contributed by atoms with E-state index in [1.807, 2.05) is 18.2 Å². The Morgan fingerprint density at radius 1 is 1.15 bits per heavy atom. The molecule has 0 fully saturated rings. The van der Waals surface area contributed by atoms with Gasteiger partial charge in [-0.1, -0.05) is 11.6 Å². The standard InChI is InChI=1S/C19H12ClFN2O3/c1-25-13-3-5-16-10(7-13)6-11-8-17(26-19(11)23-16)18(24)22-12-2-4-15(21)14(20)9-12/h2-9H,1H3,(H,22,24). The Labute approximate surface area is 152 Å². The number of benzene rings is 2.